The van der Waals surface area contributed by atoms with Crippen molar-refractivity contribution >= 4 is 29.7 Å². The van der Waals surface area contributed by atoms with Gasteiger partial charge in [-0.25, -0.2) is 9.80 Å². The summed E-state index contributed by atoms with van der Waals surface area (Å²) in [5.74, 6) is 0.0574. The summed E-state index contributed by atoms with van der Waals surface area (Å²) in [7, 11) is 0. The average Bonchev–Trinajstić information content (AvgIpc) is 3.20. The number of carbonyl (C=O) groups is 3. The lowest BCUT2D eigenvalue weighted by Crippen LogP contribution is -2.48. The number of hydrogen-bond donors (Lipinski definition) is 3. The lowest BCUT2D eigenvalue weighted by molar-refractivity contribution is -0.119. The third kappa shape index (κ3) is 9.80. The highest BCUT2D eigenvalue weighted by Gasteiger charge is 2.37. The Balaban J connectivity index is 1.26. The van der Waals surface area contributed by atoms with Gasteiger partial charge in [-0.2, -0.15) is 0 Å². The molecule has 1 heterocycles. The minimum Gasteiger partial charge on any atom is -0.492 e. The van der Waals surface area contributed by atoms with E-state index in [2.05, 4.69) is 83.5 Å². The van der Waals surface area contributed by atoms with Gasteiger partial charge >= 0.3 is 6.09 Å². The van der Waals surface area contributed by atoms with Gasteiger partial charge in [-0.3, -0.25) is 15.0 Å². The van der Waals surface area contributed by atoms with Crippen molar-refractivity contribution in [3.05, 3.63) is 173 Å². The fourth-order valence-corrected chi connectivity index (χ4v) is 8.64. The number of thioether (sulfide) groups is 1. The van der Waals surface area contributed by atoms with Gasteiger partial charge in [0.05, 0.1) is 23.0 Å². The molecule has 4 N–H and O–H groups in total. The predicted molar refractivity (Wildman–Crippen MR) is 222 cm³/mol. The van der Waals surface area contributed by atoms with Crippen LogP contribution in [0.2, 0.25) is 0 Å². The molecule has 0 unspecified atom stereocenters. The van der Waals surface area contributed by atoms with E-state index in [0.29, 0.717) is 31.7 Å². The number of para-hydroxylation sites is 1. The number of rotatable bonds is 15. The summed E-state index contributed by atoms with van der Waals surface area (Å²) in [4.78, 5) is 39.6. The van der Waals surface area contributed by atoms with Crippen molar-refractivity contribution in [1.29, 1.82) is 0 Å². The summed E-state index contributed by atoms with van der Waals surface area (Å²) in [6.45, 7) is 6.29. The molecule has 0 fully saturated rings. The van der Waals surface area contributed by atoms with E-state index < -0.39 is 34.3 Å². The van der Waals surface area contributed by atoms with Crippen molar-refractivity contribution in [2.45, 2.75) is 62.5 Å². The molecular weight excluding hydrogens is 721 g/mol. The fraction of sp³-hybridized carbons (Fsp3) is 0.283. The Labute approximate surface area is 333 Å². The Kier molecular flexibility index (Phi) is 13.2. The Morgan fingerprint density at radius 1 is 0.804 bits per heavy atom. The van der Waals surface area contributed by atoms with Crippen molar-refractivity contribution in [3.63, 3.8) is 0 Å². The molecule has 10 heteroatoms. The number of benzene rings is 5. The zero-order chi connectivity index (χ0) is 39.5. The van der Waals surface area contributed by atoms with Crippen LogP contribution in [0, 0.1) is 0 Å². The molecule has 2 atom stereocenters. The highest BCUT2D eigenvalue weighted by Crippen LogP contribution is 2.48. The van der Waals surface area contributed by atoms with Crippen LogP contribution in [0.3, 0.4) is 0 Å². The largest absolute Gasteiger partial charge is 0.492 e. The number of amides is 3. The summed E-state index contributed by atoms with van der Waals surface area (Å²) in [5, 5.41) is 4.74. The van der Waals surface area contributed by atoms with Crippen LogP contribution in [-0.4, -0.2) is 53.5 Å². The first-order valence-electron chi connectivity index (χ1n) is 19.0. The minimum absolute atomic E-state index is 0.256. The fourth-order valence-electron chi connectivity index (χ4n) is 7.15. The summed E-state index contributed by atoms with van der Waals surface area (Å²) < 4.78 is 11.4. The first kappa shape index (κ1) is 40.1. The SMILES string of the molecule is CC(C)(C)OC(=O)NN(CCCSC(c1ccccc1)(c1ccccc1)c1ccccc1)[C@H]1CCOc2c(C(=O)N[C@@H](Cc3ccccc3)C(N)=O)cccc21. The number of carbonyl (C=O) groups excluding carboxylic acids is 3. The Morgan fingerprint density at radius 2 is 1.36 bits per heavy atom. The van der Waals surface area contributed by atoms with Crippen LogP contribution in [0.1, 0.15) is 77.8 Å². The summed E-state index contributed by atoms with van der Waals surface area (Å²) in [6.07, 6.45) is 0.957. The Bertz CT molecular complexity index is 1960. The summed E-state index contributed by atoms with van der Waals surface area (Å²) in [6, 6.07) is 45.2. The second-order valence-corrected chi connectivity index (χ2v) is 16.1. The number of ether oxygens (including phenoxy) is 2. The molecule has 0 saturated heterocycles. The van der Waals surface area contributed by atoms with E-state index in [1.807, 2.05) is 92.1 Å². The molecular formula is C46H50N4O5S. The van der Waals surface area contributed by atoms with Crippen LogP contribution in [0.4, 0.5) is 4.79 Å². The van der Waals surface area contributed by atoms with Crippen LogP contribution in [0.5, 0.6) is 5.75 Å². The molecule has 5 aromatic carbocycles. The van der Waals surface area contributed by atoms with Crippen LogP contribution >= 0.6 is 11.8 Å². The van der Waals surface area contributed by atoms with Crippen molar-refractivity contribution < 1.29 is 23.9 Å². The van der Waals surface area contributed by atoms with Gasteiger partial charge in [0.2, 0.25) is 5.91 Å². The van der Waals surface area contributed by atoms with E-state index in [-0.39, 0.29) is 18.0 Å². The van der Waals surface area contributed by atoms with Crippen molar-refractivity contribution in [3.8, 4) is 5.75 Å². The van der Waals surface area contributed by atoms with Gasteiger partial charge in [0.1, 0.15) is 17.4 Å². The number of nitrogens with zero attached hydrogens (tertiary/aromatic N) is 1. The third-order valence-corrected chi connectivity index (χ3v) is 11.3. The molecule has 5 aromatic rings. The average molecular weight is 771 g/mol. The van der Waals surface area contributed by atoms with E-state index >= 15 is 0 Å². The zero-order valence-corrected chi connectivity index (χ0v) is 33.0. The maximum atomic E-state index is 13.8. The van der Waals surface area contributed by atoms with Gasteiger partial charge in [-0.1, -0.05) is 133 Å². The molecule has 0 bridgehead atoms. The third-order valence-electron chi connectivity index (χ3n) is 9.63. The van der Waals surface area contributed by atoms with E-state index in [0.717, 1.165) is 16.9 Å². The zero-order valence-electron chi connectivity index (χ0n) is 32.2. The number of hydrazine groups is 1. The predicted octanol–water partition coefficient (Wildman–Crippen LogP) is 8.19. The molecule has 0 aliphatic carbocycles. The summed E-state index contributed by atoms with van der Waals surface area (Å²) in [5.41, 5.74) is 13.5. The van der Waals surface area contributed by atoms with Gasteiger partial charge in [0, 0.05) is 24.9 Å². The Morgan fingerprint density at radius 3 is 1.89 bits per heavy atom. The number of nitrogens with two attached hydrogens (primary N) is 1. The minimum atomic E-state index is -0.919. The lowest BCUT2D eigenvalue weighted by Gasteiger charge is -2.37. The van der Waals surface area contributed by atoms with E-state index in [1.54, 1.807) is 12.1 Å². The van der Waals surface area contributed by atoms with Crippen LogP contribution in [0.25, 0.3) is 0 Å². The van der Waals surface area contributed by atoms with Crippen LogP contribution < -0.4 is 21.2 Å². The van der Waals surface area contributed by atoms with Crippen molar-refractivity contribution in [2.24, 2.45) is 5.73 Å². The van der Waals surface area contributed by atoms with Gasteiger partial charge in [0.15, 0.2) is 0 Å². The number of nitrogens with one attached hydrogen (secondary N) is 2. The molecule has 0 radical (unpaired) electrons. The molecule has 3 amide bonds. The second kappa shape index (κ2) is 18.4. The molecule has 0 spiro atoms. The number of fused-ring (bicyclic) bond motifs is 1. The first-order valence-corrected chi connectivity index (χ1v) is 20.0. The number of hydrogen-bond acceptors (Lipinski definition) is 7. The number of primary amides is 1. The molecule has 0 saturated carbocycles. The van der Waals surface area contributed by atoms with Crippen molar-refractivity contribution in [1.82, 2.24) is 15.8 Å². The maximum Gasteiger partial charge on any atom is 0.422 e. The molecule has 6 rings (SSSR count). The standard InChI is InChI=1S/C46H50N4O5S/c1-45(2,3)55-44(53)49-50(29-17-31-56-46(34-20-10-5-11-21-34,35-22-12-6-13-23-35)36-24-14-7-15-25-36)40-28-30-54-41-37(40)26-16-27-38(41)43(52)48-39(42(47)51)32-33-18-8-4-9-19-33/h4-16,18-27,39-40H,17,28-32H2,1-3H3,(H2,47,51)(H,48,52)(H,49,53)/t39-,40-/m0/s1. The Hall–Kier alpha value is -5.58. The maximum absolute atomic E-state index is 13.8. The first-order chi connectivity index (χ1) is 27.0. The summed E-state index contributed by atoms with van der Waals surface area (Å²) >= 11 is 1.86. The molecule has 56 heavy (non-hydrogen) atoms. The second-order valence-electron chi connectivity index (χ2n) is 14.8. The molecule has 0 aromatic heterocycles. The van der Waals surface area contributed by atoms with Crippen LogP contribution in [0.15, 0.2) is 140 Å². The van der Waals surface area contributed by atoms with Gasteiger partial charge < -0.3 is 20.5 Å². The highest BCUT2D eigenvalue weighted by atomic mass is 32.2. The molecule has 1 aliphatic heterocycles. The van der Waals surface area contributed by atoms with E-state index in [1.165, 1.54) is 16.7 Å². The molecule has 9 nitrogen and oxygen atoms in total. The van der Waals surface area contributed by atoms with Crippen molar-refractivity contribution in [2.75, 3.05) is 18.9 Å². The van der Waals surface area contributed by atoms with E-state index in [4.69, 9.17) is 15.2 Å². The smallest absolute Gasteiger partial charge is 0.422 e. The quantitative estimate of drug-likeness (QED) is 0.0558. The highest BCUT2D eigenvalue weighted by molar-refractivity contribution is 8.00. The monoisotopic (exact) mass is 770 g/mol. The lowest BCUT2D eigenvalue weighted by atomic mass is 9.84. The van der Waals surface area contributed by atoms with Gasteiger partial charge in [0.25, 0.3) is 5.91 Å². The van der Waals surface area contributed by atoms with Crippen LogP contribution in [-0.2, 0) is 20.7 Å². The van der Waals surface area contributed by atoms with Gasteiger partial charge in [-0.15, -0.1) is 11.8 Å². The molecule has 290 valence electrons. The van der Waals surface area contributed by atoms with E-state index in [9.17, 15) is 14.4 Å². The molecule has 1 aliphatic rings. The van der Waals surface area contributed by atoms with Gasteiger partial charge in [-0.05, 0) is 61.3 Å². The topological polar surface area (TPSA) is 123 Å². The normalized spacial score (nSPS) is 14.5.